The highest BCUT2D eigenvalue weighted by Crippen LogP contribution is 2.32. The minimum atomic E-state index is -0.0940. The Bertz CT molecular complexity index is 641. The Morgan fingerprint density at radius 1 is 1.19 bits per heavy atom. The third-order valence-electron chi connectivity index (χ3n) is 4.69. The SMILES string of the molecule is CCOC(=O)C1CCN(CCC(=O)Nc2ccc3c(c2)OCCO3)CC1. The summed E-state index contributed by atoms with van der Waals surface area (Å²) in [6.07, 6.45) is 2.00. The molecule has 142 valence electrons. The summed E-state index contributed by atoms with van der Waals surface area (Å²) in [7, 11) is 0. The molecule has 0 spiro atoms. The van der Waals surface area contributed by atoms with Crippen LogP contribution in [0, 0.1) is 5.92 Å². The van der Waals surface area contributed by atoms with E-state index in [1.165, 1.54) is 0 Å². The van der Waals surface area contributed by atoms with E-state index < -0.39 is 0 Å². The molecule has 0 atom stereocenters. The molecule has 1 N–H and O–H groups in total. The lowest BCUT2D eigenvalue weighted by Gasteiger charge is -2.30. The Labute approximate surface area is 153 Å². The first-order valence-electron chi connectivity index (χ1n) is 9.24. The van der Waals surface area contributed by atoms with Gasteiger partial charge in [-0.3, -0.25) is 9.59 Å². The normalized spacial score (nSPS) is 17.6. The third kappa shape index (κ3) is 4.88. The van der Waals surface area contributed by atoms with Gasteiger partial charge >= 0.3 is 5.97 Å². The first kappa shape index (κ1) is 18.5. The second kappa shape index (κ2) is 8.89. The number of likely N-dealkylation sites (tertiary alicyclic amines) is 1. The zero-order chi connectivity index (χ0) is 18.4. The van der Waals surface area contributed by atoms with Gasteiger partial charge in [-0.1, -0.05) is 0 Å². The van der Waals surface area contributed by atoms with Crippen LogP contribution in [0.1, 0.15) is 26.2 Å². The second-order valence-corrected chi connectivity index (χ2v) is 6.52. The highest BCUT2D eigenvalue weighted by atomic mass is 16.6. The van der Waals surface area contributed by atoms with E-state index in [0.717, 1.165) is 25.9 Å². The maximum absolute atomic E-state index is 12.2. The summed E-state index contributed by atoms with van der Waals surface area (Å²) in [5, 5.41) is 2.90. The van der Waals surface area contributed by atoms with Crippen molar-refractivity contribution < 1.29 is 23.8 Å². The van der Waals surface area contributed by atoms with Crippen molar-refractivity contribution in [2.24, 2.45) is 5.92 Å². The van der Waals surface area contributed by atoms with Crippen LogP contribution in [-0.2, 0) is 14.3 Å². The van der Waals surface area contributed by atoms with Gasteiger partial charge in [0.25, 0.3) is 0 Å². The van der Waals surface area contributed by atoms with Gasteiger partial charge < -0.3 is 24.4 Å². The van der Waals surface area contributed by atoms with Crippen LogP contribution in [0.15, 0.2) is 18.2 Å². The summed E-state index contributed by atoms with van der Waals surface area (Å²) in [6, 6.07) is 5.41. The molecule has 1 saturated heterocycles. The first-order valence-corrected chi connectivity index (χ1v) is 9.24. The van der Waals surface area contributed by atoms with Crippen molar-refractivity contribution in [2.45, 2.75) is 26.2 Å². The smallest absolute Gasteiger partial charge is 0.309 e. The van der Waals surface area contributed by atoms with Crippen LogP contribution >= 0.6 is 0 Å². The lowest BCUT2D eigenvalue weighted by atomic mass is 9.97. The van der Waals surface area contributed by atoms with E-state index in [2.05, 4.69) is 10.2 Å². The van der Waals surface area contributed by atoms with Crippen molar-refractivity contribution in [3.05, 3.63) is 18.2 Å². The molecular formula is C19H26N2O5. The molecule has 0 aromatic heterocycles. The number of hydrogen-bond acceptors (Lipinski definition) is 6. The number of fused-ring (bicyclic) bond motifs is 1. The average molecular weight is 362 g/mol. The molecule has 0 unspecified atom stereocenters. The van der Waals surface area contributed by atoms with Gasteiger partial charge in [-0.2, -0.15) is 0 Å². The number of ether oxygens (including phenoxy) is 3. The first-order chi connectivity index (χ1) is 12.7. The summed E-state index contributed by atoms with van der Waals surface area (Å²) >= 11 is 0. The van der Waals surface area contributed by atoms with Crippen LogP contribution in [-0.4, -0.2) is 56.2 Å². The molecule has 7 heteroatoms. The van der Waals surface area contributed by atoms with Gasteiger partial charge in [0, 0.05) is 24.7 Å². The highest BCUT2D eigenvalue weighted by molar-refractivity contribution is 5.91. The number of amides is 1. The van der Waals surface area contributed by atoms with Gasteiger partial charge in [-0.25, -0.2) is 0 Å². The predicted molar refractivity (Wildman–Crippen MR) is 96.5 cm³/mol. The summed E-state index contributed by atoms with van der Waals surface area (Å²) in [5.74, 6) is 1.24. The van der Waals surface area contributed by atoms with Gasteiger partial charge in [0.05, 0.1) is 12.5 Å². The Morgan fingerprint density at radius 3 is 2.65 bits per heavy atom. The van der Waals surface area contributed by atoms with Crippen LogP contribution in [0.3, 0.4) is 0 Å². The number of carbonyl (C=O) groups excluding carboxylic acids is 2. The molecule has 1 aromatic rings. The molecule has 3 rings (SSSR count). The van der Waals surface area contributed by atoms with E-state index in [-0.39, 0.29) is 17.8 Å². The molecule has 0 bridgehead atoms. The number of carbonyl (C=O) groups is 2. The Kier molecular flexibility index (Phi) is 6.33. The van der Waals surface area contributed by atoms with Crippen molar-refractivity contribution >= 4 is 17.6 Å². The molecule has 7 nitrogen and oxygen atoms in total. The maximum atomic E-state index is 12.2. The van der Waals surface area contributed by atoms with Crippen LogP contribution in [0.2, 0.25) is 0 Å². The van der Waals surface area contributed by atoms with Crippen molar-refractivity contribution in [2.75, 3.05) is 44.8 Å². The highest BCUT2D eigenvalue weighted by Gasteiger charge is 2.26. The summed E-state index contributed by atoms with van der Waals surface area (Å²) in [4.78, 5) is 26.2. The molecular weight excluding hydrogens is 336 g/mol. The lowest BCUT2D eigenvalue weighted by Crippen LogP contribution is -2.38. The molecule has 1 amide bonds. The summed E-state index contributed by atoms with van der Waals surface area (Å²) in [6.45, 7) is 5.65. The van der Waals surface area contributed by atoms with Crippen molar-refractivity contribution in [1.82, 2.24) is 4.90 Å². The number of nitrogens with one attached hydrogen (secondary N) is 1. The van der Waals surface area contributed by atoms with Crippen LogP contribution in [0.25, 0.3) is 0 Å². The topological polar surface area (TPSA) is 77.1 Å². The molecule has 2 aliphatic rings. The number of benzene rings is 1. The number of nitrogens with zero attached hydrogens (tertiary/aromatic N) is 1. The minimum absolute atomic E-state index is 0.00209. The van der Waals surface area contributed by atoms with Gasteiger partial charge in [0.2, 0.25) is 5.91 Å². The third-order valence-corrected chi connectivity index (χ3v) is 4.69. The molecule has 1 aromatic carbocycles. The largest absolute Gasteiger partial charge is 0.486 e. The Balaban J connectivity index is 1.40. The predicted octanol–water partition coefficient (Wildman–Crippen LogP) is 2.06. The molecule has 0 radical (unpaired) electrons. The average Bonchev–Trinajstić information content (AvgIpc) is 2.67. The number of anilines is 1. The summed E-state index contributed by atoms with van der Waals surface area (Å²) in [5.41, 5.74) is 0.709. The van der Waals surface area contributed by atoms with Crippen LogP contribution < -0.4 is 14.8 Å². The fraction of sp³-hybridized carbons (Fsp3) is 0.579. The Hall–Kier alpha value is -2.28. The Morgan fingerprint density at radius 2 is 1.92 bits per heavy atom. The fourth-order valence-electron chi connectivity index (χ4n) is 3.26. The van der Waals surface area contributed by atoms with Crippen LogP contribution in [0.5, 0.6) is 11.5 Å². The fourth-order valence-corrected chi connectivity index (χ4v) is 3.26. The van der Waals surface area contributed by atoms with Gasteiger partial charge in [0.1, 0.15) is 13.2 Å². The number of esters is 1. The molecule has 2 heterocycles. The van der Waals surface area contributed by atoms with Gasteiger partial charge in [-0.15, -0.1) is 0 Å². The van der Waals surface area contributed by atoms with Crippen LogP contribution in [0.4, 0.5) is 5.69 Å². The number of rotatable bonds is 6. The molecule has 1 fully saturated rings. The molecule has 26 heavy (non-hydrogen) atoms. The number of hydrogen-bond donors (Lipinski definition) is 1. The molecule has 2 aliphatic heterocycles. The monoisotopic (exact) mass is 362 g/mol. The zero-order valence-corrected chi connectivity index (χ0v) is 15.2. The van der Waals surface area contributed by atoms with E-state index in [4.69, 9.17) is 14.2 Å². The van der Waals surface area contributed by atoms with E-state index >= 15 is 0 Å². The van der Waals surface area contributed by atoms with E-state index in [0.29, 0.717) is 50.0 Å². The molecule has 0 aliphatic carbocycles. The minimum Gasteiger partial charge on any atom is -0.486 e. The summed E-state index contributed by atoms with van der Waals surface area (Å²) < 4.78 is 16.1. The maximum Gasteiger partial charge on any atom is 0.309 e. The molecule has 0 saturated carbocycles. The second-order valence-electron chi connectivity index (χ2n) is 6.52. The van der Waals surface area contributed by atoms with Crippen molar-refractivity contribution in [3.8, 4) is 11.5 Å². The van der Waals surface area contributed by atoms with E-state index in [1.54, 1.807) is 6.07 Å². The van der Waals surface area contributed by atoms with E-state index in [1.807, 2.05) is 19.1 Å². The van der Waals surface area contributed by atoms with Gasteiger partial charge in [-0.05, 0) is 45.0 Å². The quantitative estimate of drug-likeness (QED) is 0.781. The number of piperidine rings is 1. The standard InChI is InChI=1S/C19H26N2O5/c1-2-24-19(23)14-5-8-21(9-6-14)10-7-18(22)20-15-3-4-16-17(13-15)26-12-11-25-16/h3-4,13-14H,2,5-12H2,1H3,(H,20,22). The zero-order valence-electron chi connectivity index (χ0n) is 15.2. The van der Waals surface area contributed by atoms with E-state index in [9.17, 15) is 9.59 Å². The van der Waals surface area contributed by atoms with Crippen molar-refractivity contribution in [1.29, 1.82) is 0 Å². The lowest BCUT2D eigenvalue weighted by molar-refractivity contribution is -0.149. The van der Waals surface area contributed by atoms with Crippen molar-refractivity contribution in [3.63, 3.8) is 0 Å². The van der Waals surface area contributed by atoms with Gasteiger partial charge in [0.15, 0.2) is 11.5 Å².